The van der Waals surface area contributed by atoms with Gasteiger partial charge in [0.25, 0.3) is 0 Å². The summed E-state index contributed by atoms with van der Waals surface area (Å²) in [5.41, 5.74) is 0. The summed E-state index contributed by atoms with van der Waals surface area (Å²) in [5.74, 6) is -0.694. The van der Waals surface area contributed by atoms with Crippen molar-refractivity contribution in [3.63, 3.8) is 0 Å². The second-order valence-corrected chi connectivity index (χ2v) is 3.81. The number of carbonyl (C=O) groups is 1. The maximum atomic E-state index is 10.8. The van der Waals surface area contributed by atoms with E-state index in [9.17, 15) is 4.79 Å². The highest BCUT2D eigenvalue weighted by atomic mass is 16.4. The molecule has 1 N–H and O–H groups in total. The fraction of sp³-hybridized carbons (Fsp3) is 0.900. The van der Waals surface area contributed by atoms with Crippen molar-refractivity contribution in [3.05, 3.63) is 0 Å². The molecule has 1 rings (SSSR count). The maximum absolute atomic E-state index is 10.8. The number of likely N-dealkylation sites (tertiary alicyclic amines) is 1. The van der Waals surface area contributed by atoms with Crippen LogP contribution in [0.3, 0.4) is 0 Å². The second-order valence-electron chi connectivity index (χ2n) is 3.81. The summed E-state index contributed by atoms with van der Waals surface area (Å²) in [7, 11) is 0. The van der Waals surface area contributed by atoms with Crippen molar-refractivity contribution in [2.24, 2.45) is 0 Å². The minimum Gasteiger partial charge on any atom is -0.480 e. The molecule has 3 heteroatoms. The highest BCUT2D eigenvalue weighted by molar-refractivity contribution is 5.72. The van der Waals surface area contributed by atoms with Crippen LogP contribution in [0.4, 0.5) is 0 Å². The van der Waals surface area contributed by atoms with Crippen LogP contribution in [0.5, 0.6) is 0 Å². The molecule has 1 saturated heterocycles. The summed E-state index contributed by atoms with van der Waals surface area (Å²) in [6.45, 7) is 4.87. The molecule has 1 aliphatic rings. The predicted molar refractivity (Wildman–Crippen MR) is 51.7 cm³/mol. The molecule has 76 valence electrons. The summed E-state index contributed by atoms with van der Waals surface area (Å²) in [5, 5.41) is 8.91. The first-order valence-electron chi connectivity index (χ1n) is 5.15. The normalized spacial score (nSPS) is 27.1. The van der Waals surface area contributed by atoms with E-state index in [0.717, 1.165) is 25.8 Å². The molecule has 0 spiro atoms. The number of carboxylic acids is 1. The zero-order valence-corrected chi connectivity index (χ0v) is 8.49. The molecule has 1 heterocycles. The van der Waals surface area contributed by atoms with E-state index in [1.807, 2.05) is 0 Å². The van der Waals surface area contributed by atoms with E-state index in [-0.39, 0.29) is 6.04 Å². The summed E-state index contributed by atoms with van der Waals surface area (Å²) in [6.07, 6.45) is 4.63. The number of nitrogens with zero attached hydrogens (tertiary/aromatic N) is 1. The molecule has 0 aromatic heterocycles. The van der Waals surface area contributed by atoms with Gasteiger partial charge in [0.05, 0.1) is 0 Å². The van der Waals surface area contributed by atoms with Gasteiger partial charge in [-0.15, -0.1) is 0 Å². The highest BCUT2D eigenvalue weighted by Gasteiger charge is 2.28. The van der Waals surface area contributed by atoms with Crippen LogP contribution in [0.1, 0.15) is 39.5 Å². The SMILES string of the molecule is CC[C@@H]1CCCCN1[C@H](C)C(=O)O. The van der Waals surface area contributed by atoms with Crippen LogP contribution in [0, 0.1) is 0 Å². The third-order valence-electron chi connectivity index (χ3n) is 3.00. The Bertz CT molecular complexity index is 182. The molecule has 0 radical (unpaired) electrons. The standard InChI is InChI=1S/C10H19NO2/c1-3-9-6-4-5-7-11(9)8(2)10(12)13/h8-9H,3-7H2,1-2H3,(H,12,13)/t8-,9-/m1/s1. The molecule has 0 amide bonds. The zero-order valence-electron chi connectivity index (χ0n) is 8.49. The number of carboxylic acid groups (broad SMARTS) is 1. The van der Waals surface area contributed by atoms with Gasteiger partial charge in [0.15, 0.2) is 0 Å². The van der Waals surface area contributed by atoms with Gasteiger partial charge in [-0.25, -0.2) is 0 Å². The average Bonchev–Trinajstić information content (AvgIpc) is 2.16. The van der Waals surface area contributed by atoms with Crippen molar-refractivity contribution in [1.82, 2.24) is 4.90 Å². The molecule has 0 aromatic rings. The lowest BCUT2D eigenvalue weighted by Gasteiger charge is -2.37. The minimum atomic E-state index is -0.694. The van der Waals surface area contributed by atoms with Crippen molar-refractivity contribution < 1.29 is 9.90 Å². The number of aliphatic carboxylic acids is 1. The number of hydrogen-bond donors (Lipinski definition) is 1. The Hall–Kier alpha value is -0.570. The Labute approximate surface area is 79.7 Å². The number of piperidine rings is 1. The largest absolute Gasteiger partial charge is 0.480 e. The van der Waals surface area contributed by atoms with Crippen LogP contribution in [-0.4, -0.2) is 34.6 Å². The van der Waals surface area contributed by atoms with E-state index in [1.165, 1.54) is 6.42 Å². The van der Waals surface area contributed by atoms with Crippen molar-refractivity contribution in [2.45, 2.75) is 51.6 Å². The fourth-order valence-corrected chi connectivity index (χ4v) is 2.11. The summed E-state index contributed by atoms with van der Waals surface area (Å²) in [6, 6.07) is 0.171. The number of hydrogen-bond acceptors (Lipinski definition) is 2. The van der Waals surface area contributed by atoms with Gasteiger partial charge in [0.1, 0.15) is 6.04 Å². The Morgan fingerprint density at radius 1 is 1.62 bits per heavy atom. The lowest BCUT2D eigenvalue weighted by molar-refractivity contribution is -0.144. The summed E-state index contributed by atoms with van der Waals surface area (Å²) >= 11 is 0. The molecular formula is C10H19NO2. The van der Waals surface area contributed by atoms with Crippen molar-refractivity contribution in [3.8, 4) is 0 Å². The Kier molecular flexibility index (Phi) is 3.72. The molecule has 0 unspecified atom stereocenters. The number of rotatable bonds is 3. The molecule has 0 bridgehead atoms. The third kappa shape index (κ3) is 2.44. The fourth-order valence-electron chi connectivity index (χ4n) is 2.11. The lowest BCUT2D eigenvalue weighted by atomic mass is 9.98. The first-order valence-corrected chi connectivity index (χ1v) is 5.15. The van der Waals surface area contributed by atoms with E-state index in [4.69, 9.17) is 5.11 Å². The van der Waals surface area contributed by atoms with Gasteiger partial charge in [-0.1, -0.05) is 13.3 Å². The molecule has 0 saturated carbocycles. The van der Waals surface area contributed by atoms with Crippen molar-refractivity contribution >= 4 is 5.97 Å². The topological polar surface area (TPSA) is 40.5 Å². The first-order chi connectivity index (χ1) is 6.16. The quantitative estimate of drug-likeness (QED) is 0.728. The first kappa shape index (κ1) is 10.5. The second kappa shape index (κ2) is 4.61. The molecule has 3 nitrogen and oxygen atoms in total. The molecule has 2 atom stereocenters. The van der Waals surface area contributed by atoms with Gasteiger partial charge in [-0.05, 0) is 32.7 Å². The van der Waals surface area contributed by atoms with E-state index in [1.54, 1.807) is 6.92 Å². The van der Waals surface area contributed by atoms with Crippen LogP contribution in [0.2, 0.25) is 0 Å². The van der Waals surface area contributed by atoms with Gasteiger partial charge >= 0.3 is 5.97 Å². The smallest absolute Gasteiger partial charge is 0.320 e. The predicted octanol–water partition coefficient (Wildman–Crippen LogP) is 1.72. The van der Waals surface area contributed by atoms with Gasteiger partial charge in [-0.3, -0.25) is 9.69 Å². The van der Waals surface area contributed by atoms with Crippen LogP contribution >= 0.6 is 0 Å². The lowest BCUT2D eigenvalue weighted by Crippen LogP contribution is -2.48. The summed E-state index contributed by atoms with van der Waals surface area (Å²) in [4.78, 5) is 12.9. The molecule has 13 heavy (non-hydrogen) atoms. The van der Waals surface area contributed by atoms with Gasteiger partial charge in [0, 0.05) is 6.04 Å². The van der Waals surface area contributed by atoms with Gasteiger partial charge in [0.2, 0.25) is 0 Å². The average molecular weight is 185 g/mol. The third-order valence-corrected chi connectivity index (χ3v) is 3.00. The maximum Gasteiger partial charge on any atom is 0.320 e. The van der Waals surface area contributed by atoms with E-state index in [0.29, 0.717) is 6.04 Å². The monoisotopic (exact) mass is 185 g/mol. The van der Waals surface area contributed by atoms with E-state index in [2.05, 4.69) is 11.8 Å². The van der Waals surface area contributed by atoms with Crippen LogP contribution in [0.15, 0.2) is 0 Å². The molecule has 1 aliphatic heterocycles. The minimum absolute atomic E-state index is 0.315. The Morgan fingerprint density at radius 3 is 2.85 bits per heavy atom. The van der Waals surface area contributed by atoms with Gasteiger partial charge in [-0.2, -0.15) is 0 Å². The van der Waals surface area contributed by atoms with E-state index >= 15 is 0 Å². The highest BCUT2D eigenvalue weighted by Crippen LogP contribution is 2.21. The molecule has 0 aliphatic carbocycles. The van der Waals surface area contributed by atoms with Gasteiger partial charge < -0.3 is 5.11 Å². The van der Waals surface area contributed by atoms with Crippen molar-refractivity contribution in [1.29, 1.82) is 0 Å². The molecule has 0 aromatic carbocycles. The zero-order chi connectivity index (χ0) is 9.84. The van der Waals surface area contributed by atoms with Crippen LogP contribution in [0.25, 0.3) is 0 Å². The summed E-state index contributed by atoms with van der Waals surface area (Å²) < 4.78 is 0. The molecule has 1 fully saturated rings. The van der Waals surface area contributed by atoms with Crippen LogP contribution in [-0.2, 0) is 4.79 Å². The molecular weight excluding hydrogens is 166 g/mol. The Balaban J connectivity index is 2.58. The van der Waals surface area contributed by atoms with Crippen molar-refractivity contribution in [2.75, 3.05) is 6.54 Å². The Morgan fingerprint density at radius 2 is 2.31 bits per heavy atom. The van der Waals surface area contributed by atoms with Crippen LogP contribution < -0.4 is 0 Å². The van der Waals surface area contributed by atoms with E-state index < -0.39 is 5.97 Å².